The van der Waals surface area contributed by atoms with Crippen LogP contribution in [0.15, 0.2) is 41.6 Å². The predicted octanol–water partition coefficient (Wildman–Crippen LogP) is 4.79. The van der Waals surface area contributed by atoms with Gasteiger partial charge in [-0.05, 0) is 56.2 Å². The van der Waals surface area contributed by atoms with Gasteiger partial charge in [-0.2, -0.15) is 0 Å². The molecule has 2 aromatic carbocycles. The molecule has 1 amide bonds. The van der Waals surface area contributed by atoms with Crippen molar-refractivity contribution in [3.05, 3.63) is 58.4 Å². The second-order valence-electron chi connectivity index (χ2n) is 6.93. The van der Waals surface area contributed by atoms with Gasteiger partial charge in [0.2, 0.25) is 5.91 Å². The summed E-state index contributed by atoms with van der Waals surface area (Å²) in [6.07, 6.45) is 0. The number of thioether (sulfide) groups is 1. The lowest BCUT2D eigenvalue weighted by Gasteiger charge is -2.12. The Morgan fingerprint density at radius 1 is 1.13 bits per heavy atom. The molecule has 3 aromatic rings. The van der Waals surface area contributed by atoms with Crippen molar-refractivity contribution in [3.63, 3.8) is 0 Å². The number of aryl methyl sites for hydroxylation is 2. The van der Waals surface area contributed by atoms with Gasteiger partial charge in [0.25, 0.3) is 0 Å². The minimum atomic E-state index is -0.147. The number of hydrogen-bond acceptors (Lipinski definition) is 6. The summed E-state index contributed by atoms with van der Waals surface area (Å²) in [7, 11) is 1.84. The molecule has 0 saturated carbocycles. The van der Waals surface area contributed by atoms with Crippen molar-refractivity contribution in [2.45, 2.75) is 32.5 Å². The lowest BCUT2D eigenvalue weighted by molar-refractivity contribution is -0.113. The van der Waals surface area contributed by atoms with E-state index in [-0.39, 0.29) is 18.3 Å². The van der Waals surface area contributed by atoms with Crippen LogP contribution in [0.25, 0.3) is 0 Å². The van der Waals surface area contributed by atoms with Crippen molar-refractivity contribution in [1.29, 1.82) is 0 Å². The third-order valence-electron chi connectivity index (χ3n) is 4.47. The number of aromatic nitrogens is 3. The molecular formula is C22H25ClN4O3S. The van der Waals surface area contributed by atoms with Crippen molar-refractivity contribution in [2.75, 3.05) is 17.7 Å². The lowest BCUT2D eigenvalue weighted by atomic mass is 10.2. The highest BCUT2D eigenvalue weighted by atomic mass is 35.5. The van der Waals surface area contributed by atoms with E-state index in [0.29, 0.717) is 39.8 Å². The molecule has 0 atom stereocenters. The number of carbonyl (C=O) groups is 1. The van der Waals surface area contributed by atoms with Crippen molar-refractivity contribution < 1.29 is 14.3 Å². The Balaban J connectivity index is 1.56. The summed E-state index contributed by atoms with van der Waals surface area (Å²) in [6, 6.07) is 11.2. The standard InChI is InChI=1S/C22H25ClN4O3S/c1-5-29-19-10-14(2)6-9-18(19)30-12-20-25-26-22(27(20)4)31-13-21(28)24-16-8-7-15(3)17(23)11-16/h6-11H,5,12-13H2,1-4H3,(H,24,28). The number of halogens is 1. The first-order chi connectivity index (χ1) is 14.9. The predicted molar refractivity (Wildman–Crippen MR) is 123 cm³/mol. The topological polar surface area (TPSA) is 78.3 Å². The monoisotopic (exact) mass is 460 g/mol. The quantitative estimate of drug-likeness (QED) is 0.462. The van der Waals surface area contributed by atoms with E-state index in [4.69, 9.17) is 21.1 Å². The second kappa shape index (κ2) is 10.5. The van der Waals surface area contributed by atoms with Gasteiger partial charge in [0.15, 0.2) is 22.5 Å². The molecule has 0 aliphatic carbocycles. The number of hydrogen-bond donors (Lipinski definition) is 1. The van der Waals surface area contributed by atoms with Crippen LogP contribution in [-0.2, 0) is 18.4 Å². The first-order valence-electron chi connectivity index (χ1n) is 9.80. The van der Waals surface area contributed by atoms with Crippen molar-refractivity contribution in [1.82, 2.24) is 14.8 Å². The second-order valence-corrected chi connectivity index (χ2v) is 8.28. The highest BCUT2D eigenvalue weighted by molar-refractivity contribution is 7.99. The fourth-order valence-electron chi connectivity index (χ4n) is 2.74. The molecule has 1 heterocycles. The van der Waals surface area contributed by atoms with Gasteiger partial charge in [-0.3, -0.25) is 4.79 Å². The van der Waals surface area contributed by atoms with Crippen LogP contribution in [0.2, 0.25) is 5.02 Å². The summed E-state index contributed by atoms with van der Waals surface area (Å²) >= 11 is 7.41. The highest BCUT2D eigenvalue weighted by Gasteiger charge is 2.14. The van der Waals surface area contributed by atoms with Gasteiger partial charge in [0, 0.05) is 17.8 Å². The number of amides is 1. The van der Waals surface area contributed by atoms with E-state index < -0.39 is 0 Å². The van der Waals surface area contributed by atoms with Crippen LogP contribution in [0.5, 0.6) is 11.5 Å². The molecular weight excluding hydrogens is 436 g/mol. The molecule has 0 aliphatic heterocycles. The van der Waals surface area contributed by atoms with Crippen LogP contribution in [0, 0.1) is 13.8 Å². The number of rotatable bonds is 9. The molecule has 31 heavy (non-hydrogen) atoms. The number of benzene rings is 2. The maximum atomic E-state index is 12.3. The first kappa shape index (κ1) is 23.0. The Bertz CT molecular complexity index is 1070. The van der Waals surface area contributed by atoms with Gasteiger partial charge in [0.05, 0.1) is 12.4 Å². The first-order valence-corrected chi connectivity index (χ1v) is 11.2. The van der Waals surface area contributed by atoms with Crippen LogP contribution in [-0.4, -0.2) is 33.0 Å². The number of anilines is 1. The van der Waals surface area contributed by atoms with Crippen LogP contribution in [0.4, 0.5) is 5.69 Å². The molecule has 0 spiro atoms. The number of ether oxygens (including phenoxy) is 2. The minimum Gasteiger partial charge on any atom is -0.490 e. The lowest BCUT2D eigenvalue weighted by Crippen LogP contribution is -2.14. The number of nitrogens with zero attached hydrogens (tertiary/aromatic N) is 3. The zero-order valence-electron chi connectivity index (χ0n) is 17.9. The minimum absolute atomic E-state index is 0.147. The third-order valence-corrected chi connectivity index (χ3v) is 5.90. The zero-order valence-corrected chi connectivity index (χ0v) is 19.5. The summed E-state index contributed by atoms with van der Waals surface area (Å²) in [5, 5.41) is 12.4. The maximum absolute atomic E-state index is 12.3. The molecule has 0 bridgehead atoms. The molecule has 0 saturated heterocycles. The Kier molecular flexibility index (Phi) is 7.81. The summed E-state index contributed by atoms with van der Waals surface area (Å²) in [5.74, 6) is 2.06. The molecule has 3 rings (SSSR count). The summed E-state index contributed by atoms with van der Waals surface area (Å²) < 4.78 is 13.4. The van der Waals surface area contributed by atoms with Gasteiger partial charge in [-0.15, -0.1) is 10.2 Å². The summed E-state index contributed by atoms with van der Waals surface area (Å²) in [5.41, 5.74) is 2.72. The molecule has 0 aliphatic rings. The summed E-state index contributed by atoms with van der Waals surface area (Å²) in [4.78, 5) is 12.3. The average Bonchev–Trinajstić information content (AvgIpc) is 3.08. The van der Waals surface area contributed by atoms with Crippen LogP contribution in [0.3, 0.4) is 0 Å². The van der Waals surface area contributed by atoms with E-state index in [1.165, 1.54) is 11.8 Å². The van der Waals surface area contributed by atoms with E-state index in [9.17, 15) is 4.79 Å². The molecule has 9 heteroatoms. The van der Waals surface area contributed by atoms with E-state index >= 15 is 0 Å². The number of nitrogens with one attached hydrogen (secondary N) is 1. The molecule has 1 aromatic heterocycles. The van der Waals surface area contributed by atoms with Crippen LogP contribution in [0.1, 0.15) is 23.9 Å². The van der Waals surface area contributed by atoms with E-state index in [2.05, 4.69) is 15.5 Å². The smallest absolute Gasteiger partial charge is 0.234 e. The molecule has 1 N–H and O–H groups in total. The van der Waals surface area contributed by atoms with Crippen LogP contribution < -0.4 is 14.8 Å². The van der Waals surface area contributed by atoms with Gasteiger partial charge in [-0.1, -0.05) is 35.5 Å². The Morgan fingerprint density at radius 2 is 1.94 bits per heavy atom. The van der Waals surface area contributed by atoms with Gasteiger partial charge in [-0.25, -0.2) is 0 Å². The normalized spacial score (nSPS) is 10.7. The fourth-order valence-corrected chi connectivity index (χ4v) is 3.65. The molecule has 7 nitrogen and oxygen atoms in total. The van der Waals surface area contributed by atoms with E-state index in [0.717, 1.165) is 11.1 Å². The van der Waals surface area contributed by atoms with Crippen molar-refractivity contribution in [2.24, 2.45) is 7.05 Å². The maximum Gasteiger partial charge on any atom is 0.234 e. The van der Waals surface area contributed by atoms with E-state index in [1.54, 1.807) is 6.07 Å². The molecule has 0 fully saturated rings. The van der Waals surface area contributed by atoms with Gasteiger partial charge >= 0.3 is 0 Å². The van der Waals surface area contributed by atoms with E-state index in [1.807, 2.05) is 62.7 Å². The fraction of sp³-hybridized carbons (Fsp3) is 0.318. The van der Waals surface area contributed by atoms with Crippen molar-refractivity contribution in [3.8, 4) is 11.5 Å². The average molecular weight is 461 g/mol. The summed E-state index contributed by atoms with van der Waals surface area (Å²) in [6.45, 7) is 6.64. The molecule has 164 valence electrons. The SMILES string of the molecule is CCOc1cc(C)ccc1OCc1nnc(SCC(=O)Nc2ccc(C)c(Cl)c2)n1C. The van der Waals surface area contributed by atoms with Crippen LogP contribution >= 0.6 is 23.4 Å². The highest BCUT2D eigenvalue weighted by Crippen LogP contribution is 2.29. The van der Waals surface area contributed by atoms with Gasteiger partial charge < -0.3 is 19.4 Å². The zero-order chi connectivity index (χ0) is 22.4. The molecule has 0 radical (unpaired) electrons. The molecule has 0 unspecified atom stereocenters. The van der Waals surface area contributed by atoms with Crippen molar-refractivity contribution >= 4 is 35.0 Å². The number of carbonyl (C=O) groups excluding carboxylic acids is 1. The van der Waals surface area contributed by atoms with Gasteiger partial charge in [0.1, 0.15) is 6.61 Å². The third kappa shape index (κ3) is 6.15. The largest absolute Gasteiger partial charge is 0.490 e. The Labute approximate surface area is 191 Å². The Morgan fingerprint density at radius 3 is 2.68 bits per heavy atom. The Hall–Kier alpha value is -2.71.